The van der Waals surface area contributed by atoms with Gasteiger partial charge in [0.05, 0.1) is 18.2 Å². The first-order valence-electron chi connectivity index (χ1n) is 8.08. The highest BCUT2D eigenvalue weighted by Crippen LogP contribution is 2.30. The maximum absolute atomic E-state index is 12.6. The molecule has 0 bridgehead atoms. The maximum atomic E-state index is 12.6. The summed E-state index contributed by atoms with van der Waals surface area (Å²) in [7, 11) is 1.31. The molecule has 0 radical (unpaired) electrons. The van der Waals surface area contributed by atoms with Crippen LogP contribution < -0.4 is 10.6 Å². The Morgan fingerprint density at radius 3 is 2.14 bits per heavy atom. The molecular formula is C19H15F3N4O2. The fourth-order valence-corrected chi connectivity index (χ4v) is 2.32. The van der Waals surface area contributed by atoms with E-state index in [1.807, 2.05) is 0 Å². The smallest absolute Gasteiger partial charge is 0.416 e. The van der Waals surface area contributed by atoms with E-state index in [1.54, 1.807) is 30.3 Å². The quantitative estimate of drug-likeness (QED) is 0.614. The van der Waals surface area contributed by atoms with Crippen LogP contribution in [0.15, 0.2) is 60.8 Å². The van der Waals surface area contributed by atoms with Gasteiger partial charge in [0.2, 0.25) is 5.95 Å². The molecule has 3 rings (SSSR count). The highest BCUT2D eigenvalue weighted by molar-refractivity contribution is 5.89. The van der Waals surface area contributed by atoms with Gasteiger partial charge in [-0.2, -0.15) is 18.2 Å². The number of anilines is 4. The van der Waals surface area contributed by atoms with Crippen molar-refractivity contribution in [1.29, 1.82) is 0 Å². The first-order valence-corrected chi connectivity index (χ1v) is 8.08. The van der Waals surface area contributed by atoms with E-state index < -0.39 is 17.7 Å². The Kier molecular flexibility index (Phi) is 5.44. The van der Waals surface area contributed by atoms with E-state index in [0.717, 1.165) is 12.1 Å². The molecule has 0 saturated carbocycles. The molecule has 1 aromatic heterocycles. The third-order valence-corrected chi connectivity index (χ3v) is 3.70. The van der Waals surface area contributed by atoms with Crippen molar-refractivity contribution in [2.45, 2.75) is 6.18 Å². The maximum Gasteiger partial charge on any atom is 0.416 e. The molecule has 9 heteroatoms. The van der Waals surface area contributed by atoms with Crippen LogP contribution >= 0.6 is 0 Å². The Balaban J connectivity index is 1.69. The minimum Gasteiger partial charge on any atom is -0.465 e. The molecule has 0 aliphatic rings. The van der Waals surface area contributed by atoms with Gasteiger partial charge in [-0.15, -0.1) is 0 Å². The second-order valence-electron chi connectivity index (χ2n) is 5.66. The standard InChI is InChI=1S/C19H15F3N4O2/c1-28-17(27)12-2-6-14(7-3-12)24-16-10-11-23-18(26-16)25-15-8-4-13(5-9-15)19(20,21)22/h2-11H,1H3,(H2,23,24,25,26). The van der Waals surface area contributed by atoms with Crippen molar-refractivity contribution in [2.24, 2.45) is 0 Å². The van der Waals surface area contributed by atoms with Crippen LogP contribution in [-0.4, -0.2) is 23.0 Å². The zero-order chi connectivity index (χ0) is 20.1. The van der Waals surface area contributed by atoms with E-state index in [-0.39, 0.29) is 5.95 Å². The Bertz CT molecular complexity index is 958. The van der Waals surface area contributed by atoms with Crippen LogP contribution in [0.3, 0.4) is 0 Å². The summed E-state index contributed by atoms with van der Waals surface area (Å²) >= 11 is 0. The molecule has 3 aromatic rings. The van der Waals surface area contributed by atoms with Gasteiger partial charge in [0.25, 0.3) is 0 Å². The molecule has 2 aromatic carbocycles. The normalized spacial score (nSPS) is 11.0. The van der Waals surface area contributed by atoms with E-state index in [0.29, 0.717) is 22.8 Å². The first-order chi connectivity index (χ1) is 13.3. The highest BCUT2D eigenvalue weighted by atomic mass is 19.4. The van der Waals surface area contributed by atoms with E-state index in [9.17, 15) is 18.0 Å². The van der Waals surface area contributed by atoms with Gasteiger partial charge in [-0.3, -0.25) is 0 Å². The summed E-state index contributed by atoms with van der Waals surface area (Å²) in [6.45, 7) is 0. The zero-order valence-corrected chi connectivity index (χ0v) is 14.6. The second-order valence-corrected chi connectivity index (χ2v) is 5.66. The fourth-order valence-electron chi connectivity index (χ4n) is 2.32. The van der Waals surface area contributed by atoms with Gasteiger partial charge < -0.3 is 15.4 Å². The molecule has 0 fully saturated rings. The van der Waals surface area contributed by atoms with Gasteiger partial charge >= 0.3 is 12.1 Å². The minimum absolute atomic E-state index is 0.218. The molecule has 0 unspecified atom stereocenters. The number of nitrogens with zero attached hydrogens (tertiary/aromatic N) is 2. The van der Waals surface area contributed by atoms with Crippen LogP contribution in [0.4, 0.5) is 36.3 Å². The first kappa shape index (κ1) is 19.2. The van der Waals surface area contributed by atoms with Gasteiger partial charge in [0.15, 0.2) is 0 Å². The molecule has 2 N–H and O–H groups in total. The number of carbonyl (C=O) groups is 1. The van der Waals surface area contributed by atoms with Crippen molar-refractivity contribution in [3.63, 3.8) is 0 Å². The number of halogens is 3. The van der Waals surface area contributed by atoms with Gasteiger partial charge in [-0.05, 0) is 54.6 Å². The molecule has 0 aliphatic carbocycles. The van der Waals surface area contributed by atoms with E-state index in [2.05, 4.69) is 25.3 Å². The average molecular weight is 388 g/mol. The SMILES string of the molecule is COC(=O)c1ccc(Nc2ccnc(Nc3ccc(C(F)(F)F)cc3)n2)cc1. The van der Waals surface area contributed by atoms with Crippen LogP contribution in [0.5, 0.6) is 0 Å². The lowest BCUT2D eigenvalue weighted by molar-refractivity contribution is -0.137. The molecule has 1 heterocycles. The van der Waals surface area contributed by atoms with Crippen molar-refractivity contribution >= 4 is 29.1 Å². The number of rotatable bonds is 5. The Morgan fingerprint density at radius 1 is 0.929 bits per heavy atom. The van der Waals surface area contributed by atoms with Crippen molar-refractivity contribution < 1.29 is 22.7 Å². The molecule has 28 heavy (non-hydrogen) atoms. The summed E-state index contributed by atoms with van der Waals surface area (Å²) in [6.07, 6.45) is -2.88. The van der Waals surface area contributed by atoms with Gasteiger partial charge in [0, 0.05) is 17.6 Å². The molecule has 0 spiro atoms. The zero-order valence-electron chi connectivity index (χ0n) is 14.6. The summed E-state index contributed by atoms with van der Waals surface area (Å²) < 4.78 is 42.5. The Labute approximate surface area is 158 Å². The number of aromatic nitrogens is 2. The number of nitrogens with one attached hydrogen (secondary N) is 2. The summed E-state index contributed by atoms with van der Waals surface area (Å²) in [5, 5.41) is 5.90. The van der Waals surface area contributed by atoms with Gasteiger partial charge in [-0.25, -0.2) is 9.78 Å². The number of methoxy groups -OCH3 is 1. The van der Waals surface area contributed by atoms with Crippen molar-refractivity contribution in [2.75, 3.05) is 17.7 Å². The van der Waals surface area contributed by atoms with Gasteiger partial charge in [0.1, 0.15) is 5.82 Å². The summed E-state index contributed by atoms with van der Waals surface area (Å²) in [5.41, 5.74) is 0.796. The number of ether oxygens (including phenoxy) is 1. The molecular weight excluding hydrogens is 373 g/mol. The molecule has 144 valence electrons. The largest absolute Gasteiger partial charge is 0.465 e. The van der Waals surface area contributed by atoms with Crippen molar-refractivity contribution in [3.05, 3.63) is 71.9 Å². The number of hydrogen-bond acceptors (Lipinski definition) is 6. The van der Waals surface area contributed by atoms with E-state index >= 15 is 0 Å². The van der Waals surface area contributed by atoms with Crippen molar-refractivity contribution in [1.82, 2.24) is 9.97 Å². The second kappa shape index (κ2) is 7.95. The highest BCUT2D eigenvalue weighted by Gasteiger charge is 2.29. The monoisotopic (exact) mass is 388 g/mol. The fraction of sp³-hybridized carbons (Fsp3) is 0.105. The Morgan fingerprint density at radius 2 is 1.54 bits per heavy atom. The summed E-state index contributed by atoms with van der Waals surface area (Å²) in [4.78, 5) is 19.8. The lowest BCUT2D eigenvalue weighted by atomic mass is 10.2. The van der Waals surface area contributed by atoms with E-state index in [4.69, 9.17) is 0 Å². The number of benzene rings is 2. The number of esters is 1. The molecule has 0 aliphatic heterocycles. The summed E-state index contributed by atoms with van der Waals surface area (Å²) in [5.74, 6) is 0.253. The third kappa shape index (κ3) is 4.76. The van der Waals surface area contributed by atoms with Gasteiger partial charge in [-0.1, -0.05) is 0 Å². The number of carbonyl (C=O) groups excluding carboxylic acids is 1. The minimum atomic E-state index is -4.39. The van der Waals surface area contributed by atoms with Crippen LogP contribution in [0.25, 0.3) is 0 Å². The summed E-state index contributed by atoms with van der Waals surface area (Å²) in [6, 6.07) is 12.8. The van der Waals surface area contributed by atoms with Crippen LogP contribution in [0, 0.1) is 0 Å². The lowest BCUT2D eigenvalue weighted by Gasteiger charge is -2.10. The van der Waals surface area contributed by atoms with Crippen LogP contribution in [0.2, 0.25) is 0 Å². The predicted molar refractivity (Wildman–Crippen MR) is 97.8 cm³/mol. The molecule has 0 saturated heterocycles. The van der Waals surface area contributed by atoms with Crippen LogP contribution in [0.1, 0.15) is 15.9 Å². The number of alkyl halides is 3. The van der Waals surface area contributed by atoms with Crippen molar-refractivity contribution in [3.8, 4) is 0 Å². The van der Waals surface area contributed by atoms with Crippen LogP contribution in [-0.2, 0) is 10.9 Å². The predicted octanol–water partition coefficient (Wildman–Crippen LogP) is 4.77. The number of hydrogen-bond donors (Lipinski definition) is 2. The molecule has 6 nitrogen and oxygen atoms in total. The Hall–Kier alpha value is -3.62. The molecule has 0 atom stereocenters. The third-order valence-electron chi connectivity index (χ3n) is 3.70. The lowest BCUT2D eigenvalue weighted by Crippen LogP contribution is -2.05. The van der Waals surface area contributed by atoms with E-state index in [1.165, 1.54) is 25.4 Å². The topological polar surface area (TPSA) is 76.1 Å². The molecule has 0 amide bonds. The average Bonchev–Trinajstić information content (AvgIpc) is 2.68.